The molecule has 148 valence electrons. The van der Waals surface area contributed by atoms with E-state index in [9.17, 15) is 8.78 Å². The minimum atomic E-state index is -2.81. The van der Waals surface area contributed by atoms with E-state index in [0.717, 1.165) is 42.2 Å². The van der Waals surface area contributed by atoms with Crippen LogP contribution in [0.4, 0.5) is 8.78 Å². The third-order valence-corrected chi connectivity index (χ3v) is 6.42. The SMILES string of the molecule is FC(F)Oc1ccc(-c2ccc3c(c2)CN2CCC3(c3ccc(Cl)cc3)C2)cc1. The zero-order valence-corrected chi connectivity index (χ0v) is 16.5. The minimum absolute atomic E-state index is 0.00562. The molecule has 0 aliphatic carbocycles. The maximum atomic E-state index is 12.4. The maximum absolute atomic E-state index is 12.4. The predicted molar refractivity (Wildman–Crippen MR) is 111 cm³/mol. The molecule has 2 aliphatic rings. The van der Waals surface area contributed by atoms with E-state index >= 15 is 0 Å². The lowest BCUT2D eigenvalue weighted by Crippen LogP contribution is -2.37. The van der Waals surface area contributed by atoms with Gasteiger partial charge in [0.1, 0.15) is 5.75 Å². The summed E-state index contributed by atoms with van der Waals surface area (Å²) in [4.78, 5) is 2.50. The van der Waals surface area contributed by atoms with Gasteiger partial charge in [0.25, 0.3) is 0 Å². The van der Waals surface area contributed by atoms with Crippen LogP contribution in [0.2, 0.25) is 5.02 Å². The highest BCUT2D eigenvalue weighted by Crippen LogP contribution is 2.47. The van der Waals surface area contributed by atoms with Crippen LogP contribution in [-0.2, 0) is 12.0 Å². The van der Waals surface area contributed by atoms with Crippen LogP contribution in [0.15, 0.2) is 66.7 Å². The Morgan fingerprint density at radius 1 is 0.931 bits per heavy atom. The Kier molecular flexibility index (Phi) is 4.56. The highest BCUT2D eigenvalue weighted by Gasteiger charge is 2.45. The van der Waals surface area contributed by atoms with Crippen molar-refractivity contribution >= 4 is 11.6 Å². The molecule has 29 heavy (non-hydrogen) atoms. The highest BCUT2D eigenvalue weighted by atomic mass is 35.5. The Bertz CT molecular complexity index is 1040. The number of benzene rings is 3. The zero-order chi connectivity index (χ0) is 20.0. The van der Waals surface area contributed by atoms with Crippen LogP contribution in [0.1, 0.15) is 23.1 Å². The molecule has 2 atom stereocenters. The van der Waals surface area contributed by atoms with E-state index in [1.54, 1.807) is 12.1 Å². The molecule has 3 aromatic rings. The molecule has 5 rings (SSSR count). The van der Waals surface area contributed by atoms with Gasteiger partial charge in [0.15, 0.2) is 0 Å². The smallest absolute Gasteiger partial charge is 0.387 e. The summed E-state index contributed by atoms with van der Waals surface area (Å²) in [5.41, 5.74) is 6.10. The van der Waals surface area contributed by atoms with Gasteiger partial charge in [-0.25, -0.2) is 0 Å². The predicted octanol–water partition coefficient (Wildman–Crippen LogP) is 6.11. The summed E-state index contributed by atoms with van der Waals surface area (Å²) in [6.07, 6.45) is 1.10. The van der Waals surface area contributed by atoms with Crippen LogP contribution < -0.4 is 4.74 Å². The second-order valence-electron chi connectivity index (χ2n) is 7.82. The highest BCUT2D eigenvalue weighted by molar-refractivity contribution is 6.30. The number of fused-ring (bicyclic) bond motifs is 4. The number of alkyl halides is 2. The van der Waals surface area contributed by atoms with Crippen LogP contribution in [0, 0.1) is 0 Å². The third-order valence-electron chi connectivity index (χ3n) is 6.17. The van der Waals surface area contributed by atoms with E-state index in [0.29, 0.717) is 0 Å². The summed E-state index contributed by atoms with van der Waals surface area (Å²) in [5.74, 6) is 0.174. The first-order valence-electron chi connectivity index (χ1n) is 9.71. The van der Waals surface area contributed by atoms with Gasteiger partial charge in [-0.15, -0.1) is 0 Å². The zero-order valence-electron chi connectivity index (χ0n) is 15.7. The quantitative estimate of drug-likeness (QED) is 0.513. The van der Waals surface area contributed by atoms with Crippen molar-refractivity contribution in [1.29, 1.82) is 0 Å². The van der Waals surface area contributed by atoms with Gasteiger partial charge in [0, 0.05) is 23.5 Å². The second-order valence-corrected chi connectivity index (χ2v) is 8.26. The molecular formula is C24H20ClF2NO. The van der Waals surface area contributed by atoms with Crippen LogP contribution in [-0.4, -0.2) is 24.6 Å². The number of halogens is 3. The van der Waals surface area contributed by atoms with Gasteiger partial charge < -0.3 is 4.74 Å². The summed E-state index contributed by atoms with van der Waals surface area (Å²) >= 11 is 6.12. The topological polar surface area (TPSA) is 12.5 Å². The molecule has 0 N–H and O–H groups in total. The van der Waals surface area contributed by atoms with Crippen molar-refractivity contribution in [1.82, 2.24) is 4.90 Å². The number of nitrogens with zero attached hydrogens (tertiary/aromatic N) is 1. The van der Waals surface area contributed by atoms with Crippen LogP contribution in [0.3, 0.4) is 0 Å². The maximum Gasteiger partial charge on any atom is 0.387 e. The van der Waals surface area contributed by atoms with Gasteiger partial charge in [-0.1, -0.05) is 48.0 Å². The van der Waals surface area contributed by atoms with E-state index in [4.69, 9.17) is 11.6 Å². The molecule has 2 nitrogen and oxygen atoms in total. The van der Waals surface area contributed by atoms with Gasteiger partial charge in [-0.3, -0.25) is 4.90 Å². The Morgan fingerprint density at radius 3 is 2.38 bits per heavy atom. The summed E-state index contributed by atoms with van der Waals surface area (Å²) in [7, 11) is 0. The summed E-state index contributed by atoms with van der Waals surface area (Å²) in [5, 5.41) is 0.755. The van der Waals surface area contributed by atoms with Crippen molar-refractivity contribution < 1.29 is 13.5 Å². The van der Waals surface area contributed by atoms with Crippen molar-refractivity contribution in [3.05, 3.63) is 88.4 Å². The van der Waals surface area contributed by atoms with Crippen molar-refractivity contribution in [3.63, 3.8) is 0 Å². The van der Waals surface area contributed by atoms with Gasteiger partial charge in [0.2, 0.25) is 0 Å². The number of ether oxygens (including phenoxy) is 1. The molecule has 2 bridgehead atoms. The summed E-state index contributed by atoms with van der Waals surface area (Å²) in [6.45, 7) is 0.232. The van der Waals surface area contributed by atoms with Gasteiger partial charge in [-0.2, -0.15) is 8.78 Å². The summed E-state index contributed by atoms with van der Waals surface area (Å²) < 4.78 is 29.2. The molecule has 2 heterocycles. The van der Waals surface area contributed by atoms with Crippen molar-refractivity contribution in [3.8, 4) is 16.9 Å². The van der Waals surface area contributed by atoms with E-state index in [1.165, 1.54) is 16.7 Å². The van der Waals surface area contributed by atoms with Crippen LogP contribution in [0.25, 0.3) is 11.1 Å². The molecule has 0 amide bonds. The fraction of sp³-hybridized carbons (Fsp3) is 0.250. The summed E-state index contributed by atoms with van der Waals surface area (Å²) in [6, 6.07) is 21.7. The first kappa shape index (κ1) is 18.6. The van der Waals surface area contributed by atoms with Gasteiger partial charge >= 0.3 is 6.61 Å². The van der Waals surface area contributed by atoms with Crippen LogP contribution in [0.5, 0.6) is 5.75 Å². The Morgan fingerprint density at radius 2 is 1.66 bits per heavy atom. The molecule has 0 radical (unpaired) electrons. The van der Waals surface area contributed by atoms with E-state index in [2.05, 4.69) is 40.0 Å². The van der Waals surface area contributed by atoms with Crippen molar-refractivity contribution in [2.45, 2.75) is 25.0 Å². The first-order chi connectivity index (χ1) is 14.0. The minimum Gasteiger partial charge on any atom is -0.435 e. The molecule has 2 unspecified atom stereocenters. The van der Waals surface area contributed by atoms with E-state index < -0.39 is 6.61 Å². The number of hydrogen-bond acceptors (Lipinski definition) is 2. The Labute approximate surface area is 173 Å². The van der Waals surface area contributed by atoms with Gasteiger partial charge in [0.05, 0.1) is 0 Å². The van der Waals surface area contributed by atoms with E-state index in [1.807, 2.05) is 24.3 Å². The average molecular weight is 412 g/mol. The molecule has 3 aromatic carbocycles. The molecule has 1 saturated heterocycles. The lowest BCUT2D eigenvalue weighted by Gasteiger charge is -2.37. The van der Waals surface area contributed by atoms with Crippen LogP contribution >= 0.6 is 11.6 Å². The van der Waals surface area contributed by atoms with Crippen molar-refractivity contribution in [2.24, 2.45) is 0 Å². The van der Waals surface area contributed by atoms with E-state index in [-0.39, 0.29) is 11.2 Å². The molecule has 0 aromatic heterocycles. The molecule has 1 fully saturated rings. The molecule has 5 heteroatoms. The molecular weight excluding hydrogens is 392 g/mol. The number of rotatable bonds is 4. The fourth-order valence-electron chi connectivity index (χ4n) is 4.84. The Balaban J connectivity index is 1.52. The monoisotopic (exact) mass is 411 g/mol. The number of hydrogen-bond donors (Lipinski definition) is 0. The van der Waals surface area contributed by atoms with Gasteiger partial charge in [-0.05, 0) is 71.1 Å². The largest absolute Gasteiger partial charge is 0.435 e. The average Bonchev–Trinajstić information content (AvgIpc) is 3.07. The standard InChI is InChI=1S/C24H20ClF2NO/c25-20-6-4-19(5-7-20)24-11-12-28(15-24)14-18-13-17(3-10-22(18)24)16-1-8-21(9-2-16)29-23(26)27/h1-10,13,23H,11-12,14-15H2. The normalized spacial score (nSPS) is 22.6. The fourth-order valence-corrected chi connectivity index (χ4v) is 4.97. The first-order valence-corrected chi connectivity index (χ1v) is 10.1. The molecule has 0 spiro atoms. The molecule has 2 aliphatic heterocycles. The van der Waals surface area contributed by atoms with Crippen molar-refractivity contribution in [2.75, 3.05) is 13.1 Å². The Hall–Kier alpha value is -2.43. The lowest BCUT2D eigenvalue weighted by molar-refractivity contribution is -0.0498. The second kappa shape index (κ2) is 7.12. The molecule has 0 saturated carbocycles. The third kappa shape index (κ3) is 3.30. The lowest BCUT2D eigenvalue weighted by atomic mass is 9.70.